The van der Waals surface area contributed by atoms with Crippen molar-refractivity contribution in [2.24, 2.45) is 11.3 Å². The summed E-state index contributed by atoms with van der Waals surface area (Å²) in [4.78, 5) is 22.4. The summed E-state index contributed by atoms with van der Waals surface area (Å²) in [6, 6.07) is 0. The van der Waals surface area contributed by atoms with Gasteiger partial charge in [-0.1, -0.05) is 0 Å². The molecule has 1 heterocycles. The van der Waals surface area contributed by atoms with Crippen molar-refractivity contribution in [3.8, 4) is 0 Å². The molecule has 0 aromatic rings. The zero-order valence-electron chi connectivity index (χ0n) is 9.78. The van der Waals surface area contributed by atoms with Gasteiger partial charge in [0.1, 0.15) is 5.41 Å². The van der Waals surface area contributed by atoms with Crippen molar-refractivity contribution < 1.29 is 19.4 Å². The number of carboxylic acids is 1. The van der Waals surface area contributed by atoms with Crippen molar-refractivity contribution in [2.75, 3.05) is 19.8 Å². The third-order valence-corrected chi connectivity index (χ3v) is 2.91. The Morgan fingerprint density at radius 1 is 1.50 bits per heavy atom. The maximum atomic E-state index is 11.6. The SMILES string of the molecule is CC(C)(C(=O)O)C(=O)NCC1CCCOC1. The highest BCUT2D eigenvalue weighted by atomic mass is 16.5. The van der Waals surface area contributed by atoms with E-state index in [2.05, 4.69) is 5.32 Å². The number of carboxylic acid groups (broad SMARTS) is 1. The lowest BCUT2D eigenvalue weighted by atomic mass is 9.92. The molecule has 0 aromatic carbocycles. The van der Waals surface area contributed by atoms with E-state index in [-0.39, 0.29) is 0 Å². The van der Waals surface area contributed by atoms with Crippen LogP contribution in [-0.4, -0.2) is 36.7 Å². The van der Waals surface area contributed by atoms with Crippen LogP contribution in [-0.2, 0) is 14.3 Å². The average molecular weight is 229 g/mol. The Hall–Kier alpha value is -1.10. The molecule has 1 fully saturated rings. The molecular weight excluding hydrogens is 210 g/mol. The lowest BCUT2D eigenvalue weighted by Crippen LogP contribution is -2.44. The smallest absolute Gasteiger partial charge is 0.318 e. The molecule has 5 heteroatoms. The van der Waals surface area contributed by atoms with E-state index >= 15 is 0 Å². The normalized spacial score (nSPS) is 21.5. The van der Waals surface area contributed by atoms with Crippen molar-refractivity contribution in [1.82, 2.24) is 5.32 Å². The molecule has 1 aliphatic heterocycles. The molecule has 1 amide bonds. The van der Waals surface area contributed by atoms with Gasteiger partial charge in [-0.2, -0.15) is 0 Å². The number of carbonyl (C=O) groups is 2. The maximum Gasteiger partial charge on any atom is 0.318 e. The van der Waals surface area contributed by atoms with Crippen LogP contribution in [0.15, 0.2) is 0 Å². The van der Waals surface area contributed by atoms with Crippen LogP contribution in [0.2, 0.25) is 0 Å². The van der Waals surface area contributed by atoms with Crippen molar-refractivity contribution >= 4 is 11.9 Å². The van der Waals surface area contributed by atoms with E-state index in [0.29, 0.717) is 19.1 Å². The first kappa shape index (κ1) is 13.0. The minimum absolute atomic E-state index is 0.308. The standard InChI is InChI=1S/C11H19NO4/c1-11(2,10(14)15)9(13)12-6-8-4-3-5-16-7-8/h8H,3-7H2,1-2H3,(H,12,13)(H,14,15). The van der Waals surface area contributed by atoms with Crippen LogP contribution < -0.4 is 5.32 Å². The number of rotatable bonds is 4. The minimum atomic E-state index is -1.37. The van der Waals surface area contributed by atoms with Gasteiger partial charge in [0.05, 0.1) is 6.61 Å². The van der Waals surface area contributed by atoms with Crippen molar-refractivity contribution in [3.63, 3.8) is 0 Å². The van der Waals surface area contributed by atoms with Crippen LogP contribution in [0.1, 0.15) is 26.7 Å². The molecule has 92 valence electrons. The molecule has 0 spiro atoms. The summed E-state index contributed by atoms with van der Waals surface area (Å²) < 4.78 is 5.28. The summed E-state index contributed by atoms with van der Waals surface area (Å²) in [6.45, 7) is 4.73. The molecule has 0 bridgehead atoms. The molecule has 0 aliphatic carbocycles. The summed E-state index contributed by atoms with van der Waals surface area (Å²) in [6.07, 6.45) is 2.02. The van der Waals surface area contributed by atoms with Crippen LogP contribution in [0, 0.1) is 11.3 Å². The van der Waals surface area contributed by atoms with E-state index in [1.54, 1.807) is 0 Å². The Labute approximate surface area is 95.2 Å². The van der Waals surface area contributed by atoms with Crippen LogP contribution in [0.3, 0.4) is 0 Å². The van der Waals surface area contributed by atoms with Crippen LogP contribution >= 0.6 is 0 Å². The zero-order valence-corrected chi connectivity index (χ0v) is 9.78. The summed E-state index contributed by atoms with van der Waals surface area (Å²) in [5.41, 5.74) is -1.37. The van der Waals surface area contributed by atoms with Gasteiger partial charge >= 0.3 is 5.97 Å². The highest BCUT2D eigenvalue weighted by Gasteiger charge is 2.36. The Kier molecular flexibility index (Phi) is 4.29. The number of nitrogens with one attached hydrogen (secondary N) is 1. The predicted octanol–water partition coefficient (Wildman–Crippen LogP) is 0.640. The maximum absolute atomic E-state index is 11.6. The highest BCUT2D eigenvalue weighted by Crippen LogP contribution is 2.16. The summed E-state index contributed by atoms with van der Waals surface area (Å²) in [5, 5.41) is 11.5. The predicted molar refractivity (Wildman–Crippen MR) is 58.0 cm³/mol. The topological polar surface area (TPSA) is 75.6 Å². The van der Waals surface area contributed by atoms with Gasteiger partial charge in [-0.15, -0.1) is 0 Å². The largest absolute Gasteiger partial charge is 0.480 e. The molecule has 1 saturated heterocycles. The first-order valence-electron chi connectivity index (χ1n) is 5.54. The van der Waals surface area contributed by atoms with E-state index in [9.17, 15) is 9.59 Å². The fraction of sp³-hybridized carbons (Fsp3) is 0.818. The Morgan fingerprint density at radius 2 is 2.19 bits per heavy atom. The third-order valence-electron chi connectivity index (χ3n) is 2.91. The highest BCUT2D eigenvalue weighted by molar-refractivity contribution is 6.00. The fourth-order valence-electron chi connectivity index (χ4n) is 1.52. The number of hydrogen-bond acceptors (Lipinski definition) is 3. The molecule has 2 N–H and O–H groups in total. The number of amides is 1. The summed E-state index contributed by atoms with van der Waals surface area (Å²) >= 11 is 0. The third kappa shape index (κ3) is 3.20. The van der Waals surface area contributed by atoms with Gasteiger partial charge in [-0.05, 0) is 32.6 Å². The molecule has 1 atom stereocenters. The fourth-order valence-corrected chi connectivity index (χ4v) is 1.52. The lowest BCUT2D eigenvalue weighted by Gasteiger charge is -2.24. The first-order valence-corrected chi connectivity index (χ1v) is 5.54. The van der Waals surface area contributed by atoms with E-state index < -0.39 is 17.3 Å². The second-order valence-electron chi connectivity index (χ2n) is 4.72. The number of aliphatic carboxylic acids is 1. The molecule has 0 radical (unpaired) electrons. The lowest BCUT2D eigenvalue weighted by molar-refractivity contribution is -0.153. The van der Waals surface area contributed by atoms with E-state index in [1.807, 2.05) is 0 Å². The molecule has 0 aromatic heterocycles. The van der Waals surface area contributed by atoms with Gasteiger partial charge in [0.15, 0.2) is 0 Å². The zero-order chi connectivity index (χ0) is 12.2. The Balaban J connectivity index is 2.37. The Morgan fingerprint density at radius 3 is 2.69 bits per heavy atom. The number of ether oxygens (including phenoxy) is 1. The van der Waals surface area contributed by atoms with Gasteiger partial charge in [0, 0.05) is 13.2 Å². The Bertz CT molecular complexity index is 269. The second-order valence-corrected chi connectivity index (χ2v) is 4.72. The van der Waals surface area contributed by atoms with Gasteiger partial charge in [-0.3, -0.25) is 9.59 Å². The van der Waals surface area contributed by atoms with Crippen molar-refractivity contribution in [1.29, 1.82) is 0 Å². The van der Waals surface area contributed by atoms with E-state index in [1.165, 1.54) is 13.8 Å². The molecule has 0 saturated carbocycles. The summed E-state index contributed by atoms with van der Waals surface area (Å²) in [5.74, 6) is -1.24. The molecule has 5 nitrogen and oxygen atoms in total. The van der Waals surface area contributed by atoms with Gasteiger partial charge in [0.25, 0.3) is 0 Å². The van der Waals surface area contributed by atoms with Gasteiger partial charge in [-0.25, -0.2) is 0 Å². The van der Waals surface area contributed by atoms with Gasteiger partial charge < -0.3 is 15.2 Å². The molecule has 1 aliphatic rings. The van der Waals surface area contributed by atoms with E-state index in [0.717, 1.165) is 19.4 Å². The van der Waals surface area contributed by atoms with Gasteiger partial charge in [0.2, 0.25) is 5.91 Å². The van der Waals surface area contributed by atoms with E-state index in [4.69, 9.17) is 9.84 Å². The molecule has 1 rings (SSSR count). The molecule has 1 unspecified atom stereocenters. The molecule has 16 heavy (non-hydrogen) atoms. The summed E-state index contributed by atoms with van der Waals surface area (Å²) in [7, 11) is 0. The monoisotopic (exact) mass is 229 g/mol. The van der Waals surface area contributed by atoms with Crippen molar-refractivity contribution in [3.05, 3.63) is 0 Å². The van der Waals surface area contributed by atoms with Crippen LogP contribution in [0.25, 0.3) is 0 Å². The second kappa shape index (κ2) is 5.30. The van der Waals surface area contributed by atoms with Crippen molar-refractivity contribution in [2.45, 2.75) is 26.7 Å². The number of carbonyl (C=O) groups excluding carboxylic acids is 1. The first-order chi connectivity index (χ1) is 7.44. The minimum Gasteiger partial charge on any atom is -0.480 e. The van der Waals surface area contributed by atoms with Crippen LogP contribution in [0.5, 0.6) is 0 Å². The average Bonchev–Trinajstić information content (AvgIpc) is 2.27. The quantitative estimate of drug-likeness (QED) is 0.694. The number of hydrogen-bond donors (Lipinski definition) is 2. The molecular formula is C11H19NO4. The van der Waals surface area contributed by atoms with Crippen LogP contribution in [0.4, 0.5) is 0 Å².